The molecule has 2 aromatic rings. The van der Waals surface area contributed by atoms with E-state index in [9.17, 15) is 19.2 Å². The van der Waals surface area contributed by atoms with Crippen molar-refractivity contribution in [2.45, 2.75) is 65.6 Å². The highest BCUT2D eigenvalue weighted by molar-refractivity contribution is 6.01. The number of esters is 1. The lowest BCUT2D eigenvalue weighted by Gasteiger charge is -2.36. The van der Waals surface area contributed by atoms with Gasteiger partial charge in [-0.3, -0.25) is 10.1 Å². The first kappa shape index (κ1) is 26.5. The molecule has 10 nitrogen and oxygen atoms in total. The number of ketones is 1. The SMILES string of the molecule is COC(=O)c1ccc2oc(C(=O)C(NC(=O)[N@@+]3(C(=O)C(N)C(C)C)CCCC3C)C(C)C)nc2c1. The van der Waals surface area contributed by atoms with Crippen LogP contribution in [0.4, 0.5) is 4.79 Å². The van der Waals surface area contributed by atoms with Crippen molar-refractivity contribution in [3.8, 4) is 0 Å². The predicted octanol–water partition coefficient (Wildman–Crippen LogP) is 3.04. The van der Waals surface area contributed by atoms with Gasteiger partial charge in [-0.1, -0.05) is 27.7 Å². The smallest absolute Gasteiger partial charge is 0.424 e. The van der Waals surface area contributed by atoms with Gasteiger partial charge in [-0.25, -0.2) is 19.4 Å². The van der Waals surface area contributed by atoms with Crippen LogP contribution < -0.4 is 11.1 Å². The average molecular weight is 488 g/mol. The number of nitrogens with two attached hydrogens (primary N) is 1. The number of quaternary nitrogens is 1. The summed E-state index contributed by atoms with van der Waals surface area (Å²) in [6.07, 6.45) is 1.41. The largest absolute Gasteiger partial charge is 0.465 e. The van der Waals surface area contributed by atoms with Crippen LogP contribution in [-0.4, -0.2) is 64.9 Å². The molecule has 1 aromatic carbocycles. The minimum atomic E-state index is -0.971. The lowest BCUT2D eigenvalue weighted by atomic mass is 9.99. The zero-order valence-electron chi connectivity index (χ0n) is 21.2. The standard InChI is InChI=1S/C25H34N4O6/c1-13(2)19(26)23(31)29(11-7-8-15(29)5)25(33)28-20(14(3)4)21(30)22-27-17-12-16(24(32)34-6)9-10-18(17)35-22/h9-10,12-15,19-20H,7-8,11,26H2,1-6H3/p+1/t15?,19?,20?,29-/m0/s1. The molecule has 1 fully saturated rings. The average Bonchev–Trinajstić information content (AvgIpc) is 3.43. The molecule has 0 bridgehead atoms. The molecular weight excluding hydrogens is 452 g/mol. The summed E-state index contributed by atoms with van der Waals surface area (Å²) in [5.74, 6) is -2.01. The fourth-order valence-electron chi connectivity index (χ4n) is 4.55. The summed E-state index contributed by atoms with van der Waals surface area (Å²) in [5, 5.41) is 2.82. The number of rotatable bonds is 7. The molecule has 1 aliphatic rings. The highest BCUT2D eigenvalue weighted by Crippen LogP contribution is 2.30. The molecule has 0 radical (unpaired) electrons. The summed E-state index contributed by atoms with van der Waals surface area (Å²) in [5.41, 5.74) is 7.10. The molecule has 190 valence electrons. The zero-order chi connectivity index (χ0) is 26.1. The van der Waals surface area contributed by atoms with E-state index in [1.54, 1.807) is 13.8 Å². The van der Waals surface area contributed by atoms with Crippen molar-refractivity contribution in [3.63, 3.8) is 0 Å². The van der Waals surface area contributed by atoms with Crippen molar-refractivity contribution in [1.82, 2.24) is 10.3 Å². The van der Waals surface area contributed by atoms with E-state index in [1.807, 2.05) is 20.8 Å². The van der Waals surface area contributed by atoms with E-state index in [1.165, 1.54) is 25.3 Å². The highest BCUT2D eigenvalue weighted by Gasteiger charge is 2.55. The van der Waals surface area contributed by atoms with E-state index in [0.717, 1.165) is 0 Å². The van der Waals surface area contributed by atoms with Crippen LogP contribution in [0.25, 0.3) is 11.1 Å². The van der Waals surface area contributed by atoms with Crippen molar-refractivity contribution >= 4 is 34.8 Å². The van der Waals surface area contributed by atoms with Crippen molar-refractivity contribution < 1.29 is 32.8 Å². The lowest BCUT2D eigenvalue weighted by molar-refractivity contribution is -0.785. The molecule has 0 aliphatic carbocycles. The summed E-state index contributed by atoms with van der Waals surface area (Å²) in [7, 11) is 1.27. The van der Waals surface area contributed by atoms with Gasteiger partial charge in [-0.15, -0.1) is 0 Å². The number of carbonyl (C=O) groups is 4. The second kappa shape index (κ2) is 10.2. The van der Waals surface area contributed by atoms with Gasteiger partial charge in [-0.05, 0) is 37.0 Å². The lowest BCUT2D eigenvalue weighted by Crippen LogP contribution is -2.68. The Balaban J connectivity index is 1.91. The number of aromatic nitrogens is 1. The van der Waals surface area contributed by atoms with Gasteiger partial charge in [0.2, 0.25) is 5.78 Å². The molecule has 3 N–H and O–H groups in total. The van der Waals surface area contributed by atoms with Gasteiger partial charge in [0.15, 0.2) is 5.58 Å². The van der Waals surface area contributed by atoms with E-state index in [4.69, 9.17) is 14.9 Å². The first-order chi connectivity index (χ1) is 16.4. The first-order valence-electron chi connectivity index (χ1n) is 12.0. The number of nitrogens with one attached hydrogen (secondary N) is 1. The van der Waals surface area contributed by atoms with Crippen LogP contribution in [0.2, 0.25) is 0 Å². The number of hydrogen-bond acceptors (Lipinski definition) is 8. The maximum Gasteiger partial charge on any atom is 0.424 e. The van der Waals surface area contributed by atoms with Crippen LogP contribution in [0.15, 0.2) is 22.6 Å². The summed E-state index contributed by atoms with van der Waals surface area (Å²) < 4.78 is 9.94. The second-order valence-electron chi connectivity index (χ2n) is 9.92. The van der Waals surface area contributed by atoms with E-state index in [-0.39, 0.29) is 35.2 Å². The van der Waals surface area contributed by atoms with Crippen LogP contribution in [0.5, 0.6) is 0 Å². The molecule has 1 aliphatic heterocycles. The molecule has 4 atom stereocenters. The third-order valence-corrected chi connectivity index (χ3v) is 6.89. The Morgan fingerprint density at radius 3 is 2.40 bits per heavy atom. The molecule has 3 amide bonds. The van der Waals surface area contributed by atoms with Crippen molar-refractivity contribution in [2.75, 3.05) is 13.7 Å². The maximum atomic E-state index is 13.7. The number of likely N-dealkylation sites (tertiary alicyclic amines) is 1. The van der Waals surface area contributed by atoms with Crippen LogP contribution in [0.3, 0.4) is 0 Å². The number of nitrogens with zero attached hydrogens (tertiary/aromatic N) is 2. The maximum absolute atomic E-state index is 13.7. The van der Waals surface area contributed by atoms with E-state index >= 15 is 0 Å². The van der Waals surface area contributed by atoms with Crippen LogP contribution >= 0.6 is 0 Å². The molecule has 2 heterocycles. The van der Waals surface area contributed by atoms with Crippen molar-refractivity contribution in [1.29, 1.82) is 0 Å². The van der Waals surface area contributed by atoms with Crippen LogP contribution in [0.1, 0.15) is 68.5 Å². The summed E-state index contributed by atoms with van der Waals surface area (Å²) in [6, 6.07) is 1.97. The summed E-state index contributed by atoms with van der Waals surface area (Å²) >= 11 is 0. The zero-order valence-corrected chi connectivity index (χ0v) is 21.2. The van der Waals surface area contributed by atoms with Crippen LogP contribution in [0, 0.1) is 11.8 Å². The number of benzene rings is 1. The van der Waals surface area contributed by atoms with E-state index < -0.39 is 34.4 Å². The quantitative estimate of drug-likeness (QED) is 0.345. The minimum Gasteiger partial charge on any atom is -0.465 e. The molecular formula is C25H35N4O6+. The number of hydrogen-bond donors (Lipinski definition) is 2. The number of oxazole rings is 1. The van der Waals surface area contributed by atoms with Gasteiger partial charge in [-0.2, -0.15) is 4.48 Å². The van der Waals surface area contributed by atoms with Gasteiger partial charge < -0.3 is 14.9 Å². The molecule has 1 saturated heterocycles. The first-order valence-corrected chi connectivity index (χ1v) is 12.0. The molecule has 1 aromatic heterocycles. The number of imide groups is 1. The van der Waals surface area contributed by atoms with Crippen molar-refractivity contribution in [2.24, 2.45) is 17.6 Å². The Kier molecular flexibility index (Phi) is 7.76. The summed E-state index contributed by atoms with van der Waals surface area (Å²) in [6.45, 7) is 9.47. The third-order valence-electron chi connectivity index (χ3n) is 6.89. The fourth-order valence-corrected chi connectivity index (χ4v) is 4.55. The number of carbonyl (C=O) groups excluding carboxylic acids is 4. The molecule has 3 unspecified atom stereocenters. The van der Waals surface area contributed by atoms with Gasteiger partial charge in [0, 0.05) is 12.8 Å². The van der Waals surface area contributed by atoms with Gasteiger partial charge in [0.25, 0.3) is 5.89 Å². The Labute approximate surface area is 204 Å². The minimum absolute atomic E-state index is 0.129. The number of methoxy groups -OCH3 is 1. The third kappa shape index (κ3) is 4.85. The fraction of sp³-hybridized carbons (Fsp3) is 0.560. The number of amides is 3. The number of ether oxygens (including phenoxy) is 1. The topological polar surface area (TPSA) is 142 Å². The molecule has 0 spiro atoms. The number of Topliss-reactive ketones (excluding diaryl/α,β-unsaturated/α-hetero) is 1. The van der Waals surface area contributed by atoms with Gasteiger partial charge >= 0.3 is 17.9 Å². The molecule has 35 heavy (non-hydrogen) atoms. The molecule has 10 heteroatoms. The molecule has 3 rings (SSSR count). The second-order valence-corrected chi connectivity index (χ2v) is 9.92. The van der Waals surface area contributed by atoms with Gasteiger partial charge in [0.1, 0.15) is 23.6 Å². The Hall–Kier alpha value is -3.11. The Morgan fingerprint density at radius 2 is 1.86 bits per heavy atom. The van der Waals surface area contributed by atoms with Crippen LogP contribution in [-0.2, 0) is 9.53 Å². The normalized spacial score (nSPS) is 21.8. The molecule has 0 saturated carbocycles. The summed E-state index contributed by atoms with van der Waals surface area (Å²) in [4.78, 5) is 56.5. The predicted molar refractivity (Wildman–Crippen MR) is 128 cm³/mol. The Bertz CT molecular complexity index is 1140. The Morgan fingerprint density at radius 1 is 1.17 bits per heavy atom. The highest BCUT2D eigenvalue weighted by atomic mass is 16.5. The van der Waals surface area contributed by atoms with Gasteiger partial charge in [0.05, 0.1) is 19.2 Å². The van der Waals surface area contributed by atoms with E-state index in [0.29, 0.717) is 30.5 Å². The monoisotopic (exact) mass is 487 g/mol. The number of fused-ring (bicyclic) bond motifs is 1. The van der Waals surface area contributed by atoms with E-state index in [2.05, 4.69) is 10.3 Å². The number of urea groups is 1. The van der Waals surface area contributed by atoms with Crippen molar-refractivity contribution in [3.05, 3.63) is 29.7 Å².